The van der Waals surface area contributed by atoms with Crippen molar-refractivity contribution >= 4 is 22.5 Å². The van der Waals surface area contributed by atoms with Gasteiger partial charge >= 0.3 is 0 Å². The second-order valence-electron chi connectivity index (χ2n) is 6.04. The van der Waals surface area contributed by atoms with Crippen LogP contribution in [0.4, 0.5) is 0 Å². The minimum absolute atomic E-state index is 0.239. The second kappa shape index (κ2) is 5.91. The fourth-order valence-electron chi connectivity index (χ4n) is 3.13. The van der Waals surface area contributed by atoms with Gasteiger partial charge in [0.05, 0.1) is 22.3 Å². The zero-order valence-corrected chi connectivity index (χ0v) is 13.3. The van der Waals surface area contributed by atoms with Crippen LogP contribution in [0.25, 0.3) is 10.9 Å². The van der Waals surface area contributed by atoms with Gasteiger partial charge in [0.25, 0.3) is 0 Å². The van der Waals surface area contributed by atoms with Crippen LogP contribution in [0.5, 0.6) is 0 Å². The molecule has 1 aliphatic heterocycles. The molecule has 0 saturated carbocycles. The minimum Gasteiger partial charge on any atom is -0.393 e. The van der Waals surface area contributed by atoms with Crippen LogP contribution in [0, 0.1) is 12.8 Å². The van der Waals surface area contributed by atoms with E-state index in [1.807, 2.05) is 25.1 Å². The number of benzene rings is 1. The zero-order valence-electron chi connectivity index (χ0n) is 12.5. The van der Waals surface area contributed by atoms with Crippen molar-refractivity contribution in [1.82, 2.24) is 9.88 Å². The number of rotatable bonds is 3. The molecule has 1 aliphatic rings. The van der Waals surface area contributed by atoms with Gasteiger partial charge in [0.15, 0.2) is 0 Å². The Morgan fingerprint density at radius 2 is 2.19 bits per heavy atom. The molecule has 112 valence electrons. The van der Waals surface area contributed by atoms with E-state index in [9.17, 15) is 5.11 Å². The third kappa shape index (κ3) is 2.91. The van der Waals surface area contributed by atoms with Crippen LogP contribution >= 0.6 is 11.6 Å². The monoisotopic (exact) mass is 304 g/mol. The molecular formula is C17H21ClN2O. The van der Waals surface area contributed by atoms with Crippen molar-refractivity contribution in [3.63, 3.8) is 0 Å². The molecule has 4 heteroatoms. The summed E-state index contributed by atoms with van der Waals surface area (Å²) in [6, 6.07) is 8.11. The molecule has 2 aromatic rings. The number of fused-ring (bicyclic) bond motifs is 1. The molecule has 0 radical (unpaired) electrons. The van der Waals surface area contributed by atoms with Gasteiger partial charge in [-0.05, 0) is 44.4 Å². The van der Waals surface area contributed by atoms with E-state index in [2.05, 4.69) is 17.9 Å². The molecule has 2 atom stereocenters. The molecule has 3 rings (SSSR count). The Morgan fingerprint density at radius 3 is 2.90 bits per heavy atom. The lowest BCUT2D eigenvalue weighted by Gasteiger charge is -2.18. The average Bonchev–Trinajstić information content (AvgIpc) is 2.93. The lowest BCUT2D eigenvalue weighted by molar-refractivity contribution is 0.127. The lowest BCUT2D eigenvalue weighted by Crippen LogP contribution is -2.24. The summed E-state index contributed by atoms with van der Waals surface area (Å²) in [5.74, 6) is 0.366. The van der Waals surface area contributed by atoms with Gasteiger partial charge in [-0.25, -0.2) is 4.98 Å². The highest BCUT2D eigenvalue weighted by Gasteiger charge is 2.26. The Balaban J connectivity index is 1.86. The maximum absolute atomic E-state index is 9.71. The van der Waals surface area contributed by atoms with Gasteiger partial charge in [-0.1, -0.05) is 29.8 Å². The molecule has 1 fully saturated rings. The van der Waals surface area contributed by atoms with Gasteiger partial charge in [0.2, 0.25) is 0 Å². The highest BCUT2D eigenvalue weighted by atomic mass is 35.5. The number of para-hydroxylation sites is 1. The first kappa shape index (κ1) is 14.8. The van der Waals surface area contributed by atoms with Crippen LogP contribution in [0.15, 0.2) is 24.3 Å². The van der Waals surface area contributed by atoms with Crippen LogP contribution < -0.4 is 0 Å². The molecule has 0 spiro atoms. The third-order valence-electron chi connectivity index (χ3n) is 4.51. The van der Waals surface area contributed by atoms with Gasteiger partial charge in [-0.2, -0.15) is 0 Å². The second-order valence-corrected chi connectivity index (χ2v) is 6.42. The number of hydrogen-bond donors (Lipinski definition) is 1. The van der Waals surface area contributed by atoms with Crippen molar-refractivity contribution in [3.05, 3.63) is 40.5 Å². The number of aliphatic hydroxyl groups excluding tert-OH is 1. The van der Waals surface area contributed by atoms with Gasteiger partial charge in [-0.3, -0.25) is 4.90 Å². The molecule has 21 heavy (non-hydrogen) atoms. The standard InChI is InChI=1S/C17H21ClN2O/c1-11-14-5-3-4-6-15(14)19-16(17(11)18)10-20-8-7-13(9-20)12(2)21/h3-6,12-13,21H,7-10H2,1-2H3. The number of hydrogen-bond acceptors (Lipinski definition) is 3. The van der Waals surface area contributed by atoms with Crippen molar-refractivity contribution in [2.75, 3.05) is 13.1 Å². The largest absolute Gasteiger partial charge is 0.393 e. The van der Waals surface area contributed by atoms with Crippen LogP contribution in [0.2, 0.25) is 5.02 Å². The topological polar surface area (TPSA) is 36.4 Å². The fourth-order valence-corrected chi connectivity index (χ4v) is 3.34. The highest BCUT2D eigenvalue weighted by molar-refractivity contribution is 6.32. The first-order valence-electron chi connectivity index (χ1n) is 7.50. The summed E-state index contributed by atoms with van der Waals surface area (Å²) < 4.78 is 0. The normalized spacial score (nSPS) is 21.0. The fraction of sp³-hybridized carbons (Fsp3) is 0.471. The summed E-state index contributed by atoms with van der Waals surface area (Å²) in [5.41, 5.74) is 3.04. The van der Waals surface area contributed by atoms with E-state index in [0.29, 0.717) is 5.92 Å². The van der Waals surface area contributed by atoms with Crippen LogP contribution in [0.1, 0.15) is 24.6 Å². The first-order valence-corrected chi connectivity index (χ1v) is 7.88. The van der Waals surface area contributed by atoms with E-state index in [0.717, 1.165) is 53.2 Å². The number of pyridine rings is 1. The summed E-state index contributed by atoms with van der Waals surface area (Å²) in [4.78, 5) is 7.07. The van der Waals surface area contributed by atoms with Crippen molar-refractivity contribution in [1.29, 1.82) is 0 Å². The molecule has 0 bridgehead atoms. The number of aromatic nitrogens is 1. The number of aryl methyl sites for hydroxylation is 1. The van der Waals surface area contributed by atoms with Crippen LogP contribution in [-0.4, -0.2) is 34.2 Å². The van der Waals surface area contributed by atoms with Crippen LogP contribution in [0.3, 0.4) is 0 Å². The van der Waals surface area contributed by atoms with Crippen LogP contribution in [-0.2, 0) is 6.54 Å². The lowest BCUT2D eigenvalue weighted by atomic mass is 10.0. The molecule has 1 N–H and O–H groups in total. The number of likely N-dealkylation sites (tertiary alicyclic amines) is 1. The third-order valence-corrected chi connectivity index (χ3v) is 5.01. The van der Waals surface area contributed by atoms with Gasteiger partial charge in [-0.15, -0.1) is 0 Å². The summed E-state index contributed by atoms with van der Waals surface area (Å²) in [6.07, 6.45) is 0.804. The van der Waals surface area contributed by atoms with Crippen molar-refractivity contribution in [2.24, 2.45) is 5.92 Å². The smallest absolute Gasteiger partial charge is 0.0740 e. The van der Waals surface area contributed by atoms with E-state index in [1.54, 1.807) is 0 Å². The van der Waals surface area contributed by atoms with Gasteiger partial charge < -0.3 is 5.11 Å². The molecule has 0 amide bonds. The van der Waals surface area contributed by atoms with E-state index in [-0.39, 0.29) is 6.10 Å². The van der Waals surface area contributed by atoms with Crippen molar-refractivity contribution in [3.8, 4) is 0 Å². The zero-order chi connectivity index (χ0) is 15.0. The molecule has 3 nitrogen and oxygen atoms in total. The Hall–Kier alpha value is -1.16. The van der Waals surface area contributed by atoms with E-state index in [1.165, 1.54) is 0 Å². The maximum atomic E-state index is 9.71. The average molecular weight is 305 g/mol. The molecular weight excluding hydrogens is 284 g/mol. The Kier molecular flexibility index (Phi) is 4.16. The molecule has 1 saturated heterocycles. The number of halogens is 1. The summed E-state index contributed by atoms with van der Waals surface area (Å²) in [5, 5.41) is 11.6. The molecule has 1 aromatic heterocycles. The maximum Gasteiger partial charge on any atom is 0.0740 e. The van der Waals surface area contributed by atoms with E-state index >= 15 is 0 Å². The summed E-state index contributed by atoms with van der Waals surface area (Å²) in [7, 11) is 0. The number of nitrogens with zero attached hydrogens (tertiary/aromatic N) is 2. The molecule has 2 unspecified atom stereocenters. The molecule has 2 heterocycles. The highest BCUT2D eigenvalue weighted by Crippen LogP contribution is 2.29. The Bertz CT molecular complexity index is 657. The summed E-state index contributed by atoms with van der Waals surface area (Å²) >= 11 is 6.51. The Morgan fingerprint density at radius 1 is 1.43 bits per heavy atom. The Labute approximate surface area is 130 Å². The molecule has 1 aromatic carbocycles. The van der Waals surface area contributed by atoms with Crippen molar-refractivity contribution < 1.29 is 5.11 Å². The van der Waals surface area contributed by atoms with E-state index in [4.69, 9.17) is 16.6 Å². The van der Waals surface area contributed by atoms with Gasteiger partial charge in [0, 0.05) is 18.5 Å². The number of aliphatic hydroxyl groups is 1. The first-order chi connectivity index (χ1) is 10.1. The summed E-state index contributed by atoms with van der Waals surface area (Å²) in [6.45, 7) is 6.60. The minimum atomic E-state index is -0.239. The van der Waals surface area contributed by atoms with E-state index < -0.39 is 0 Å². The van der Waals surface area contributed by atoms with Crippen molar-refractivity contribution in [2.45, 2.75) is 32.9 Å². The quantitative estimate of drug-likeness (QED) is 0.944. The van der Waals surface area contributed by atoms with Gasteiger partial charge in [0.1, 0.15) is 0 Å². The predicted molar refractivity (Wildman–Crippen MR) is 86.6 cm³/mol. The molecule has 0 aliphatic carbocycles. The SMILES string of the molecule is Cc1c(Cl)c(CN2CCC(C(C)O)C2)nc2ccccc12. The predicted octanol–water partition coefficient (Wildman–Crippen LogP) is 3.40.